The summed E-state index contributed by atoms with van der Waals surface area (Å²) in [5.74, 6) is 0.193. The SMILES string of the molecule is CCOC(=O)c1nc(NCc2ccc(OC)nc2)sc1C. The molecule has 0 amide bonds. The van der Waals surface area contributed by atoms with E-state index in [1.165, 1.54) is 11.3 Å². The van der Waals surface area contributed by atoms with Gasteiger partial charge in [0.25, 0.3) is 0 Å². The quantitative estimate of drug-likeness (QED) is 0.827. The first-order chi connectivity index (χ1) is 10.1. The largest absolute Gasteiger partial charge is 0.481 e. The van der Waals surface area contributed by atoms with Crippen molar-refractivity contribution in [3.63, 3.8) is 0 Å². The van der Waals surface area contributed by atoms with Crippen molar-refractivity contribution in [3.8, 4) is 5.88 Å². The third-order valence-corrected chi connectivity index (χ3v) is 3.64. The molecule has 0 aliphatic rings. The highest BCUT2D eigenvalue weighted by atomic mass is 32.1. The Morgan fingerprint density at radius 3 is 2.86 bits per heavy atom. The van der Waals surface area contributed by atoms with Gasteiger partial charge in [0.2, 0.25) is 5.88 Å². The van der Waals surface area contributed by atoms with Gasteiger partial charge in [-0.3, -0.25) is 0 Å². The van der Waals surface area contributed by atoms with Gasteiger partial charge in [0.05, 0.1) is 13.7 Å². The Morgan fingerprint density at radius 1 is 1.43 bits per heavy atom. The summed E-state index contributed by atoms with van der Waals surface area (Å²) < 4.78 is 9.97. The highest BCUT2D eigenvalue weighted by Gasteiger charge is 2.16. The van der Waals surface area contributed by atoms with Gasteiger partial charge in [-0.15, -0.1) is 11.3 Å². The number of ether oxygens (including phenoxy) is 2. The number of nitrogens with zero attached hydrogens (tertiary/aromatic N) is 2. The number of thiazole rings is 1. The zero-order chi connectivity index (χ0) is 15.2. The minimum absolute atomic E-state index is 0.343. The second kappa shape index (κ2) is 7.03. The number of carbonyl (C=O) groups excluding carboxylic acids is 1. The van der Waals surface area contributed by atoms with Crippen molar-refractivity contribution in [2.75, 3.05) is 19.0 Å². The molecule has 2 aromatic rings. The van der Waals surface area contributed by atoms with Gasteiger partial charge in [-0.1, -0.05) is 6.07 Å². The number of rotatable bonds is 6. The highest BCUT2D eigenvalue weighted by molar-refractivity contribution is 7.15. The number of aromatic nitrogens is 2. The maximum atomic E-state index is 11.7. The number of carbonyl (C=O) groups is 1. The molecule has 21 heavy (non-hydrogen) atoms. The smallest absolute Gasteiger partial charge is 0.358 e. The summed E-state index contributed by atoms with van der Waals surface area (Å²) in [5, 5.41) is 3.86. The lowest BCUT2D eigenvalue weighted by atomic mass is 10.3. The van der Waals surface area contributed by atoms with E-state index in [4.69, 9.17) is 9.47 Å². The van der Waals surface area contributed by atoms with Crippen molar-refractivity contribution in [3.05, 3.63) is 34.5 Å². The van der Waals surface area contributed by atoms with E-state index < -0.39 is 0 Å². The number of nitrogens with one attached hydrogen (secondary N) is 1. The molecule has 0 atom stereocenters. The van der Waals surface area contributed by atoms with Crippen LogP contribution in [0, 0.1) is 6.92 Å². The third kappa shape index (κ3) is 3.91. The first-order valence-corrected chi connectivity index (χ1v) is 7.33. The van der Waals surface area contributed by atoms with E-state index in [0.29, 0.717) is 29.9 Å². The molecule has 0 unspecified atom stereocenters. The van der Waals surface area contributed by atoms with E-state index in [1.807, 2.05) is 13.0 Å². The van der Waals surface area contributed by atoms with Crippen molar-refractivity contribution >= 4 is 22.4 Å². The molecule has 112 valence electrons. The summed E-state index contributed by atoms with van der Waals surface area (Å²) in [6, 6.07) is 3.72. The van der Waals surface area contributed by atoms with Crippen LogP contribution in [-0.4, -0.2) is 29.7 Å². The van der Waals surface area contributed by atoms with Crippen molar-refractivity contribution < 1.29 is 14.3 Å². The normalized spacial score (nSPS) is 10.2. The van der Waals surface area contributed by atoms with Crippen LogP contribution < -0.4 is 10.1 Å². The summed E-state index contributed by atoms with van der Waals surface area (Å²) >= 11 is 1.43. The molecule has 0 aliphatic carbocycles. The van der Waals surface area contributed by atoms with E-state index in [1.54, 1.807) is 26.3 Å². The summed E-state index contributed by atoms with van der Waals surface area (Å²) in [7, 11) is 1.58. The maximum Gasteiger partial charge on any atom is 0.358 e. The molecule has 0 aliphatic heterocycles. The molecule has 6 nitrogen and oxygen atoms in total. The predicted octanol–water partition coefficient (Wildman–Crippen LogP) is 2.64. The molecule has 2 rings (SSSR count). The summed E-state index contributed by atoms with van der Waals surface area (Å²) in [6.07, 6.45) is 1.73. The van der Waals surface area contributed by atoms with Crippen LogP contribution in [0.15, 0.2) is 18.3 Å². The number of pyridine rings is 1. The molecule has 0 aromatic carbocycles. The Labute approximate surface area is 127 Å². The van der Waals surface area contributed by atoms with E-state index in [0.717, 1.165) is 10.4 Å². The van der Waals surface area contributed by atoms with Crippen molar-refractivity contribution in [1.29, 1.82) is 0 Å². The van der Waals surface area contributed by atoms with E-state index in [9.17, 15) is 4.79 Å². The summed E-state index contributed by atoms with van der Waals surface area (Å²) in [5.41, 5.74) is 1.37. The minimum atomic E-state index is -0.384. The number of anilines is 1. The number of aryl methyl sites for hydroxylation is 1. The van der Waals surface area contributed by atoms with Gasteiger partial charge >= 0.3 is 5.97 Å². The van der Waals surface area contributed by atoms with E-state index in [-0.39, 0.29) is 5.97 Å². The molecule has 0 bridgehead atoms. The number of esters is 1. The zero-order valence-electron chi connectivity index (χ0n) is 12.2. The third-order valence-electron chi connectivity index (χ3n) is 2.72. The topological polar surface area (TPSA) is 73.3 Å². The first kappa shape index (κ1) is 15.2. The maximum absolute atomic E-state index is 11.7. The van der Waals surface area contributed by atoms with Crippen LogP contribution in [0.5, 0.6) is 5.88 Å². The molecular formula is C14H17N3O3S. The molecule has 7 heteroatoms. The molecule has 2 heterocycles. The minimum Gasteiger partial charge on any atom is -0.481 e. The Bertz CT molecular complexity index is 610. The van der Waals surface area contributed by atoms with Gasteiger partial charge < -0.3 is 14.8 Å². The van der Waals surface area contributed by atoms with Crippen LogP contribution >= 0.6 is 11.3 Å². The second-order valence-electron chi connectivity index (χ2n) is 4.21. The molecule has 0 spiro atoms. The van der Waals surface area contributed by atoms with Crippen LogP contribution in [-0.2, 0) is 11.3 Å². The number of methoxy groups -OCH3 is 1. The molecule has 2 aromatic heterocycles. The van der Waals surface area contributed by atoms with Gasteiger partial charge in [0.15, 0.2) is 10.8 Å². The first-order valence-electron chi connectivity index (χ1n) is 6.51. The number of hydrogen-bond donors (Lipinski definition) is 1. The van der Waals surface area contributed by atoms with Gasteiger partial charge in [0.1, 0.15) is 0 Å². The Balaban J connectivity index is 1.99. The van der Waals surface area contributed by atoms with Crippen LogP contribution in [0.25, 0.3) is 0 Å². The monoisotopic (exact) mass is 307 g/mol. The van der Waals surface area contributed by atoms with E-state index >= 15 is 0 Å². The standard InChI is InChI=1S/C14H17N3O3S/c1-4-20-13(18)12-9(2)21-14(17-12)16-8-10-5-6-11(19-3)15-7-10/h5-7H,4,8H2,1-3H3,(H,16,17). The molecule has 0 saturated heterocycles. The summed E-state index contributed by atoms with van der Waals surface area (Å²) in [4.78, 5) is 20.9. The fraction of sp³-hybridized carbons (Fsp3) is 0.357. The molecule has 0 radical (unpaired) electrons. The van der Waals surface area contributed by atoms with Crippen LogP contribution in [0.1, 0.15) is 27.9 Å². The highest BCUT2D eigenvalue weighted by Crippen LogP contribution is 2.23. The van der Waals surface area contributed by atoms with Crippen LogP contribution in [0.3, 0.4) is 0 Å². The number of hydrogen-bond acceptors (Lipinski definition) is 7. The van der Waals surface area contributed by atoms with Gasteiger partial charge in [-0.05, 0) is 19.4 Å². The molecule has 0 saturated carbocycles. The van der Waals surface area contributed by atoms with Crippen molar-refractivity contribution in [2.45, 2.75) is 20.4 Å². The lowest BCUT2D eigenvalue weighted by Gasteiger charge is -2.03. The molecule has 0 fully saturated rings. The second-order valence-corrected chi connectivity index (χ2v) is 5.41. The molecule has 1 N–H and O–H groups in total. The zero-order valence-corrected chi connectivity index (χ0v) is 13.0. The average molecular weight is 307 g/mol. The fourth-order valence-corrected chi connectivity index (χ4v) is 2.47. The Morgan fingerprint density at radius 2 is 2.24 bits per heavy atom. The van der Waals surface area contributed by atoms with E-state index in [2.05, 4.69) is 15.3 Å². The van der Waals surface area contributed by atoms with Crippen molar-refractivity contribution in [1.82, 2.24) is 9.97 Å². The summed E-state index contributed by atoms with van der Waals surface area (Å²) in [6.45, 7) is 4.54. The van der Waals surface area contributed by atoms with Crippen LogP contribution in [0.2, 0.25) is 0 Å². The van der Waals surface area contributed by atoms with Crippen molar-refractivity contribution in [2.24, 2.45) is 0 Å². The average Bonchev–Trinajstić information content (AvgIpc) is 2.87. The fourth-order valence-electron chi connectivity index (χ4n) is 1.67. The predicted molar refractivity (Wildman–Crippen MR) is 80.9 cm³/mol. The lowest BCUT2D eigenvalue weighted by Crippen LogP contribution is -2.07. The Hall–Kier alpha value is -2.15. The lowest BCUT2D eigenvalue weighted by molar-refractivity contribution is 0.0519. The molecular weight excluding hydrogens is 290 g/mol. The van der Waals surface area contributed by atoms with Gasteiger partial charge in [0, 0.05) is 23.7 Å². The van der Waals surface area contributed by atoms with Gasteiger partial charge in [-0.25, -0.2) is 14.8 Å². The van der Waals surface area contributed by atoms with Crippen LogP contribution in [0.4, 0.5) is 5.13 Å². The Kier molecular flexibility index (Phi) is 5.10. The van der Waals surface area contributed by atoms with Gasteiger partial charge in [-0.2, -0.15) is 0 Å².